The maximum atomic E-state index is 13.7. The number of imidazole rings is 1. The summed E-state index contributed by atoms with van der Waals surface area (Å²) in [6.07, 6.45) is 1.66. The van der Waals surface area contributed by atoms with Crippen LogP contribution in [-0.4, -0.2) is 15.4 Å². The largest absolute Gasteiger partial charge is 0.322 e. The molecule has 21 heavy (non-hydrogen) atoms. The second-order valence-corrected chi connectivity index (χ2v) is 7.86. The van der Waals surface area contributed by atoms with Crippen molar-refractivity contribution >= 4 is 22.6 Å². The summed E-state index contributed by atoms with van der Waals surface area (Å²) in [4.78, 5) is 4.65. The van der Waals surface area contributed by atoms with Gasteiger partial charge in [-0.2, -0.15) is 0 Å². The second-order valence-electron chi connectivity index (χ2n) is 7.49. The second kappa shape index (κ2) is 5.60. The Kier molecular flexibility index (Phi) is 4.34. The van der Waals surface area contributed by atoms with E-state index in [1.165, 1.54) is 6.07 Å². The lowest BCUT2D eigenvalue weighted by Crippen LogP contribution is -2.33. The van der Waals surface area contributed by atoms with Gasteiger partial charge < -0.3 is 4.57 Å². The quantitative estimate of drug-likeness (QED) is 0.716. The molecule has 0 radical (unpaired) electrons. The summed E-state index contributed by atoms with van der Waals surface area (Å²) >= 11 is 5.92. The van der Waals surface area contributed by atoms with Crippen molar-refractivity contribution in [3.8, 4) is 0 Å². The van der Waals surface area contributed by atoms with E-state index in [4.69, 9.17) is 11.6 Å². The highest BCUT2D eigenvalue weighted by molar-refractivity contribution is 6.17. The van der Waals surface area contributed by atoms with Gasteiger partial charge in [0.2, 0.25) is 0 Å². The number of fused-ring (bicyclic) bond motifs is 1. The van der Waals surface area contributed by atoms with Gasteiger partial charge in [-0.3, -0.25) is 0 Å². The average molecular weight is 311 g/mol. The van der Waals surface area contributed by atoms with Gasteiger partial charge in [0.1, 0.15) is 11.6 Å². The molecule has 116 valence electrons. The smallest absolute Gasteiger partial charge is 0.125 e. The molecule has 0 spiro atoms. The molecule has 0 atom stereocenters. The predicted molar refractivity (Wildman–Crippen MR) is 87.5 cm³/mol. The van der Waals surface area contributed by atoms with Gasteiger partial charge in [-0.25, -0.2) is 9.37 Å². The molecule has 0 aliphatic carbocycles. The molecule has 0 saturated heterocycles. The van der Waals surface area contributed by atoms with E-state index in [0.717, 1.165) is 23.3 Å². The standard InChI is InChI=1S/C17H24ClFN2/c1-16(2,3)11-17(4,5)21-14-10-12(19)6-7-13(14)20-15(21)8-9-18/h6-7,10H,8-9,11H2,1-5H3. The van der Waals surface area contributed by atoms with Crippen LogP contribution in [-0.2, 0) is 12.0 Å². The molecule has 0 amide bonds. The SMILES string of the molecule is CC(C)(C)CC(C)(C)n1c(CCCl)nc2ccc(F)cc21. The van der Waals surface area contributed by atoms with Gasteiger partial charge in [0.05, 0.1) is 11.0 Å². The molecule has 2 nitrogen and oxygen atoms in total. The Bertz CT molecular complexity index is 638. The molecule has 4 heteroatoms. The molecule has 0 N–H and O–H groups in total. The van der Waals surface area contributed by atoms with Crippen molar-refractivity contribution in [2.24, 2.45) is 5.41 Å². The van der Waals surface area contributed by atoms with Crippen LogP contribution >= 0.6 is 11.6 Å². The molecule has 0 unspecified atom stereocenters. The molecule has 0 aliphatic heterocycles. The fourth-order valence-electron chi connectivity index (χ4n) is 3.40. The third-order valence-electron chi connectivity index (χ3n) is 3.57. The van der Waals surface area contributed by atoms with E-state index in [1.807, 2.05) is 0 Å². The number of alkyl halides is 1. The number of nitrogens with zero attached hydrogens (tertiary/aromatic N) is 2. The minimum atomic E-state index is -0.229. The predicted octanol–water partition coefficient (Wildman–Crippen LogP) is 5.13. The van der Waals surface area contributed by atoms with E-state index in [9.17, 15) is 4.39 Å². The van der Waals surface area contributed by atoms with Gasteiger partial charge in [-0.05, 0) is 43.9 Å². The Morgan fingerprint density at radius 1 is 1.19 bits per heavy atom. The summed E-state index contributed by atoms with van der Waals surface area (Å²) in [6.45, 7) is 11.0. The highest BCUT2D eigenvalue weighted by atomic mass is 35.5. The maximum absolute atomic E-state index is 13.7. The lowest BCUT2D eigenvalue weighted by molar-refractivity contribution is 0.215. The fourth-order valence-corrected chi connectivity index (χ4v) is 3.57. The zero-order valence-corrected chi connectivity index (χ0v) is 14.3. The summed E-state index contributed by atoms with van der Waals surface area (Å²) in [5.74, 6) is 1.21. The van der Waals surface area contributed by atoms with E-state index in [2.05, 4.69) is 44.2 Å². The zero-order valence-electron chi connectivity index (χ0n) is 13.5. The number of aryl methyl sites for hydroxylation is 1. The minimum absolute atomic E-state index is 0.151. The van der Waals surface area contributed by atoms with Crippen molar-refractivity contribution in [2.45, 2.75) is 53.0 Å². The number of hydrogen-bond acceptors (Lipinski definition) is 1. The van der Waals surface area contributed by atoms with Crippen LogP contribution in [0.2, 0.25) is 0 Å². The lowest BCUT2D eigenvalue weighted by atomic mass is 9.81. The summed E-state index contributed by atoms with van der Waals surface area (Å²) in [5, 5.41) is 0. The fraction of sp³-hybridized carbons (Fsp3) is 0.588. The van der Waals surface area contributed by atoms with Crippen LogP contribution < -0.4 is 0 Å². The Morgan fingerprint density at radius 2 is 1.86 bits per heavy atom. The van der Waals surface area contributed by atoms with Crippen LogP contribution in [0.25, 0.3) is 11.0 Å². The van der Waals surface area contributed by atoms with E-state index in [-0.39, 0.29) is 16.8 Å². The number of benzene rings is 1. The number of aromatic nitrogens is 2. The molecule has 2 rings (SSSR count). The van der Waals surface area contributed by atoms with Crippen LogP contribution in [0.4, 0.5) is 4.39 Å². The summed E-state index contributed by atoms with van der Waals surface area (Å²) in [7, 11) is 0. The normalized spacial score (nSPS) is 13.1. The summed E-state index contributed by atoms with van der Waals surface area (Å²) in [6, 6.07) is 4.78. The van der Waals surface area contributed by atoms with Gasteiger partial charge >= 0.3 is 0 Å². The Morgan fingerprint density at radius 3 is 2.43 bits per heavy atom. The summed E-state index contributed by atoms with van der Waals surface area (Å²) in [5.41, 5.74) is 1.70. The van der Waals surface area contributed by atoms with Crippen molar-refractivity contribution in [1.29, 1.82) is 0 Å². The molecular formula is C17H24ClFN2. The van der Waals surface area contributed by atoms with E-state index in [1.54, 1.807) is 12.1 Å². The molecular weight excluding hydrogens is 287 g/mol. The van der Waals surface area contributed by atoms with E-state index < -0.39 is 0 Å². The Hall–Kier alpha value is -1.09. The van der Waals surface area contributed by atoms with E-state index >= 15 is 0 Å². The molecule has 1 aromatic heterocycles. The highest BCUT2D eigenvalue weighted by Crippen LogP contribution is 2.36. The molecule has 0 bridgehead atoms. The average Bonchev–Trinajstić information content (AvgIpc) is 2.64. The zero-order chi connectivity index (χ0) is 15.8. The molecule has 2 aromatic rings. The van der Waals surface area contributed by atoms with Gasteiger partial charge in [0.25, 0.3) is 0 Å². The molecule has 0 fully saturated rings. The monoisotopic (exact) mass is 310 g/mol. The van der Waals surface area contributed by atoms with Crippen LogP contribution in [0.15, 0.2) is 18.2 Å². The summed E-state index contributed by atoms with van der Waals surface area (Å²) < 4.78 is 15.8. The van der Waals surface area contributed by atoms with Crippen LogP contribution in [0.3, 0.4) is 0 Å². The van der Waals surface area contributed by atoms with Gasteiger partial charge in [-0.15, -0.1) is 11.6 Å². The molecule has 0 saturated carbocycles. The Balaban J connectivity index is 2.63. The molecule has 1 heterocycles. The number of hydrogen-bond donors (Lipinski definition) is 0. The van der Waals surface area contributed by atoms with Crippen LogP contribution in [0, 0.1) is 11.2 Å². The van der Waals surface area contributed by atoms with Gasteiger partial charge in [-0.1, -0.05) is 20.8 Å². The first kappa shape index (κ1) is 16.3. The lowest BCUT2D eigenvalue weighted by Gasteiger charge is -2.35. The van der Waals surface area contributed by atoms with E-state index in [0.29, 0.717) is 12.3 Å². The first-order chi connectivity index (χ1) is 9.64. The maximum Gasteiger partial charge on any atom is 0.125 e. The highest BCUT2D eigenvalue weighted by Gasteiger charge is 2.30. The van der Waals surface area contributed by atoms with Crippen LogP contribution in [0.5, 0.6) is 0 Å². The van der Waals surface area contributed by atoms with Crippen molar-refractivity contribution in [3.05, 3.63) is 29.8 Å². The molecule has 1 aromatic carbocycles. The van der Waals surface area contributed by atoms with Crippen molar-refractivity contribution < 1.29 is 4.39 Å². The van der Waals surface area contributed by atoms with Crippen molar-refractivity contribution in [2.75, 3.05) is 5.88 Å². The number of halogens is 2. The molecule has 0 aliphatic rings. The topological polar surface area (TPSA) is 17.8 Å². The first-order valence-electron chi connectivity index (χ1n) is 7.37. The first-order valence-corrected chi connectivity index (χ1v) is 7.91. The van der Waals surface area contributed by atoms with Gasteiger partial charge in [0, 0.05) is 17.8 Å². The number of rotatable bonds is 4. The van der Waals surface area contributed by atoms with Gasteiger partial charge in [0.15, 0.2) is 0 Å². The Labute approximate surface area is 131 Å². The van der Waals surface area contributed by atoms with Crippen LogP contribution in [0.1, 0.15) is 46.9 Å². The third kappa shape index (κ3) is 3.57. The van der Waals surface area contributed by atoms with Crippen molar-refractivity contribution in [3.63, 3.8) is 0 Å². The minimum Gasteiger partial charge on any atom is -0.322 e. The van der Waals surface area contributed by atoms with Crippen molar-refractivity contribution in [1.82, 2.24) is 9.55 Å². The third-order valence-corrected chi connectivity index (χ3v) is 3.76.